The molecule has 0 N–H and O–H groups in total. The van der Waals surface area contributed by atoms with E-state index in [-0.39, 0.29) is 5.91 Å². The molecule has 0 saturated heterocycles. The van der Waals surface area contributed by atoms with Crippen molar-refractivity contribution in [1.29, 1.82) is 0 Å². The minimum Gasteiger partial charge on any atom is -0.497 e. The zero-order valence-electron chi connectivity index (χ0n) is 13.2. The van der Waals surface area contributed by atoms with Crippen LogP contribution in [0.3, 0.4) is 0 Å². The van der Waals surface area contributed by atoms with Crippen molar-refractivity contribution in [3.63, 3.8) is 0 Å². The molecular weight excluding hydrogens is 294 g/mol. The maximum absolute atomic E-state index is 12.5. The molecule has 0 atom stereocenters. The Hall–Kier alpha value is -2.69. The van der Waals surface area contributed by atoms with E-state index in [1.165, 1.54) is 0 Å². The monoisotopic (exact) mass is 313 g/mol. The molecule has 1 aliphatic rings. The molecule has 0 bridgehead atoms. The Bertz CT molecular complexity index is 714. The summed E-state index contributed by atoms with van der Waals surface area (Å²) in [5, 5.41) is 0. The zero-order valence-corrected chi connectivity index (χ0v) is 13.2. The van der Waals surface area contributed by atoms with Crippen LogP contribution < -0.4 is 14.2 Å². The number of hydrogen-bond donors (Lipinski definition) is 0. The van der Waals surface area contributed by atoms with E-state index in [1.54, 1.807) is 31.2 Å². The number of carbonyl (C=O) groups excluding carboxylic acids is 1. The topological polar surface area (TPSA) is 48.0 Å². The van der Waals surface area contributed by atoms with Crippen LogP contribution in [0.4, 0.5) is 0 Å². The van der Waals surface area contributed by atoms with Crippen molar-refractivity contribution < 1.29 is 19.0 Å². The van der Waals surface area contributed by atoms with Crippen molar-refractivity contribution in [2.45, 2.75) is 6.54 Å². The molecule has 3 rings (SSSR count). The van der Waals surface area contributed by atoms with Crippen LogP contribution in [0, 0.1) is 0 Å². The van der Waals surface area contributed by atoms with Gasteiger partial charge in [0, 0.05) is 19.2 Å². The van der Waals surface area contributed by atoms with Crippen LogP contribution in [0.25, 0.3) is 0 Å². The molecule has 0 saturated carbocycles. The number of fused-ring (bicyclic) bond motifs is 1. The van der Waals surface area contributed by atoms with Crippen molar-refractivity contribution in [2.24, 2.45) is 0 Å². The first-order valence-corrected chi connectivity index (χ1v) is 7.45. The fourth-order valence-corrected chi connectivity index (χ4v) is 2.51. The molecule has 120 valence electrons. The Balaban J connectivity index is 1.73. The van der Waals surface area contributed by atoms with Gasteiger partial charge in [-0.15, -0.1) is 0 Å². The lowest BCUT2D eigenvalue weighted by molar-refractivity contribution is 0.0784. The summed E-state index contributed by atoms with van der Waals surface area (Å²) in [6.07, 6.45) is 0. The highest BCUT2D eigenvalue weighted by atomic mass is 16.6. The van der Waals surface area contributed by atoms with Crippen LogP contribution >= 0.6 is 0 Å². The van der Waals surface area contributed by atoms with E-state index >= 15 is 0 Å². The van der Waals surface area contributed by atoms with Gasteiger partial charge in [-0.1, -0.05) is 12.1 Å². The third-order valence-electron chi connectivity index (χ3n) is 3.69. The summed E-state index contributed by atoms with van der Waals surface area (Å²) < 4.78 is 16.2. The third kappa shape index (κ3) is 3.39. The lowest BCUT2D eigenvalue weighted by Gasteiger charge is -2.21. The summed E-state index contributed by atoms with van der Waals surface area (Å²) >= 11 is 0. The Morgan fingerprint density at radius 1 is 1.13 bits per heavy atom. The van der Waals surface area contributed by atoms with Crippen LogP contribution in [-0.4, -0.2) is 38.2 Å². The Morgan fingerprint density at radius 3 is 2.70 bits per heavy atom. The van der Waals surface area contributed by atoms with Gasteiger partial charge in [-0.3, -0.25) is 4.79 Å². The van der Waals surface area contributed by atoms with E-state index in [4.69, 9.17) is 14.2 Å². The minimum atomic E-state index is -0.0567. The first kappa shape index (κ1) is 15.2. The van der Waals surface area contributed by atoms with Gasteiger partial charge in [0.1, 0.15) is 19.0 Å². The number of nitrogens with zero attached hydrogens (tertiary/aromatic N) is 1. The molecule has 0 unspecified atom stereocenters. The molecule has 1 aliphatic heterocycles. The van der Waals surface area contributed by atoms with Gasteiger partial charge in [-0.2, -0.15) is 0 Å². The van der Waals surface area contributed by atoms with Gasteiger partial charge < -0.3 is 19.1 Å². The van der Waals surface area contributed by atoms with Crippen molar-refractivity contribution >= 4 is 5.91 Å². The van der Waals surface area contributed by atoms with E-state index in [9.17, 15) is 4.79 Å². The summed E-state index contributed by atoms with van der Waals surface area (Å²) in [7, 11) is 3.36. The van der Waals surface area contributed by atoms with Crippen molar-refractivity contribution in [2.75, 3.05) is 27.4 Å². The number of ether oxygens (including phenoxy) is 3. The average Bonchev–Trinajstić information content (AvgIpc) is 2.61. The highest BCUT2D eigenvalue weighted by molar-refractivity contribution is 5.94. The van der Waals surface area contributed by atoms with E-state index < -0.39 is 0 Å². The van der Waals surface area contributed by atoms with E-state index in [2.05, 4.69) is 0 Å². The van der Waals surface area contributed by atoms with Gasteiger partial charge in [0.15, 0.2) is 11.5 Å². The quantitative estimate of drug-likeness (QED) is 0.871. The average molecular weight is 313 g/mol. The number of carbonyl (C=O) groups is 1. The highest BCUT2D eigenvalue weighted by Crippen LogP contribution is 2.31. The molecule has 0 fully saturated rings. The number of methoxy groups -OCH3 is 1. The summed E-state index contributed by atoms with van der Waals surface area (Å²) in [6.45, 7) is 1.61. The highest BCUT2D eigenvalue weighted by Gasteiger charge is 2.15. The van der Waals surface area contributed by atoms with Crippen LogP contribution in [0.1, 0.15) is 15.9 Å². The predicted octanol–water partition coefficient (Wildman–Crippen LogP) is 2.74. The lowest BCUT2D eigenvalue weighted by atomic mass is 10.1. The normalized spacial score (nSPS) is 12.6. The summed E-state index contributed by atoms with van der Waals surface area (Å²) in [5.74, 6) is 2.10. The molecule has 2 aromatic carbocycles. The minimum absolute atomic E-state index is 0.0567. The lowest BCUT2D eigenvalue weighted by Crippen LogP contribution is -2.26. The third-order valence-corrected chi connectivity index (χ3v) is 3.69. The smallest absolute Gasteiger partial charge is 0.254 e. The van der Waals surface area contributed by atoms with Gasteiger partial charge in [0.25, 0.3) is 5.91 Å². The number of hydrogen-bond acceptors (Lipinski definition) is 4. The zero-order chi connectivity index (χ0) is 16.2. The van der Waals surface area contributed by atoms with Gasteiger partial charge in [-0.05, 0) is 35.9 Å². The molecule has 23 heavy (non-hydrogen) atoms. The second-order valence-corrected chi connectivity index (χ2v) is 5.37. The standard InChI is InChI=1S/C18H19NO4/c1-19(18(20)14-4-3-5-15(11-14)21-2)12-13-6-7-16-17(10-13)23-9-8-22-16/h3-7,10-11H,8-9,12H2,1-2H3. The molecule has 0 radical (unpaired) electrons. The predicted molar refractivity (Wildman–Crippen MR) is 86.2 cm³/mol. The SMILES string of the molecule is COc1cccc(C(=O)N(C)Cc2ccc3c(c2)OCCO3)c1. The maximum Gasteiger partial charge on any atom is 0.254 e. The Labute approximate surface area is 135 Å². The van der Waals surface area contributed by atoms with Gasteiger partial charge in [0.05, 0.1) is 7.11 Å². The van der Waals surface area contributed by atoms with Gasteiger partial charge >= 0.3 is 0 Å². The van der Waals surface area contributed by atoms with Crippen LogP contribution in [0.15, 0.2) is 42.5 Å². The number of rotatable bonds is 4. The molecule has 1 amide bonds. The molecule has 0 aromatic heterocycles. The van der Waals surface area contributed by atoms with Crippen molar-refractivity contribution in [3.05, 3.63) is 53.6 Å². The number of amides is 1. The van der Waals surface area contributed by atoms with Crippen LogP contribution in [0.2, 0.25) is 0 Å². The molecule has 5 heteroatoms. The summed E-state index contributed by atoms with van der Waals surface area (Å²) in [4.78, 5) is 14.2. The maximum atomic E-state index is 12.5. The molecule has 0 aliphatic carbocycles. The fraction of sp³-hybridized carbons (Fsp3) is 0.278. The Morgan fingerprint density at radius 2 is 1.91 bits per heavy atom. The van der Waals surface area contributed by atoms with Gasteiger partial charge in [-0.25, -0.2) is 0 Å². The van der Waals surface area contributed by atoms with Crippen molar-refractivity contribution in [3.8, 4) is 17.2 Å². The molecule has 5 nitrogen and oxygen atoms in total. The number of benzene rings is 2. The second-order valence-electron chi connectivity index (χ2n) is 5.37. The summed E-state index contributed by atoms with van der Waals surface area (Å²) in [5.41, 5.74) is 1.59. The van der Waals surface area contributed by atoms with Crippen LogP contribution in [0.5, 0.6) is 17.2 Å². The molecular formula is C18H19NO4. The molecule has 2 aromatic rings. The second kappa shape index (κ2) is 6.60. The van der Waals surface area contributed by atoms with Gasteiger partial charge in [0.2, 0.25) is 0 Å². The first-order valence-electron chi connectivity index (χ1n) is 7.45. The Kier molecular flexibility index (Phi) is 4.37. The summed E-state index contributed by atoms with van der Waals surface area (Å²) in [6, 6.07) is 12.9. The van der Waals surface area contributed by atoms with E-state index in [0.717, 1.165) is 17.1 Å². The van der Waals surface area contributed by atoms with E-state index in [0.29, 0.717) is 31.1 Å². The van der Waals surface area contributed by atoms with Crippen LogP contribution in [-0.2, 0) is 6.54 Å². The van der Waals surface area contributed by atoms with Crippen molar-refractivity contribution in [1.82, 2.24) is 4.90 Å². The van der Waals surface area contributed by atoms with E-state index in [1.807, 2.05) is 30.3 Å². The molecule has 1 heterocycles. The molecule has 0 spiro atoms. The first-order chi connectivity index (χ1) is 11.2. The largest absolute Gasteiger partial charge is 0.497 e. The fourth-order valence-electron chi connectivity index (χ4n) is 2.51.